The number of aliphatic hydroxyl groups is 4. The minimum atomic E-state index is -1.05. The van der Waals surface area contributed by atoms with Crippen molar-refractivity contribution in [3.63, 3.8) is 0 Å². The van der Waals surface area contributed by atoms with E-state index in [1.165, 1.54) is 23.5 Å². The van der Waals surface area contributed by atoms with Crippen LogP contribution in [-0.2, 0) is 34.0 Å². The lowest BCUT2D eigenvalue weighted by molar-refractivity contribution is 0.0637. The summed E-state index contributed by atoms with van der Waals surface area (Å²) in [5, 5.41) is 46.2. The number of alkyl carbamates (subject to hydrolysis) is 3. The molecule has 6 aromatic rings. The monoisotopic (exact) mass is 1010 g/mol. The Kier molecular flexibility index (Phi) is 27.5. The van der Waals surface area contributed by atoms with E-state index in [9.17, 15) is 34.8 Å². The summed E-state index contributed by atoms with van der Waals surface area (Å²) in [6.07, 6.45) is -2.05. The van der Waals surface area contributed by atoms with Crippen LogP contribution in [0.4, 0.5) is 14.4 Å². The van der Waals surface area contributed by atoms with Gasteiger partial charge in [-0.15, -0.1) is 41.9 Å². The highest BCUT2D eigenvalue weighted by atomic mass is 32.2. The van der Waals surface area contributed by atoms with Crippen molar-refractivity contribution in [1.82, 2.24) is 16.0 Å². The van der Waals surface area contributed by atoms with Gasteiger partial charge in [-0.1, -0.05) is 152 Å². The van der Waals surface area contributed by atoms with Gasteiger partial charge in [0.1, 0.15) is 19.8 Å². The fourth-order valence-electron chi connectivity index (χ4n) is 5.78. The molecule has 6 aromatic carbocycles. The van der Waals surface area contributed by atoms with E-state index in [2.05, 4.69) is 22.5 Å². The smallest absolute Gasteiger partial charge is 0.407 e. The number of carbonyl (C=O) groups excluding carboxylic acids is 3. The molecule has 0 aliphatic carbocycles. The zero-order valence-electron chi connectivity index (χ0n) is 38.6. The minimum absolute atomic E-state index is 0.131. The number of ether oxygens (including phenoxy) is 3. The van der Waals surface area contributed by atoms with Crippen LogP contribution in [-0.4, -0.2) is 99.5 Å². The molecule has 0 aromatic heterocycles. The lowest BCUT2D eigenvalue weighted by Crippen LogP contribution is -2.46. The highest BCUT2D eigenvalue weighted by Crippen LogP contribution is 2.21. The van der Waals surface area contributed by atoms with Crippen molar-refractivity contribution >= 4 is 53.6 Å². The third kappa shape index (κ3) is 23.9. The number of aliphatic hydroxyl groups excluding tert-OH is 4. The summed E-state index contributed by atoms with van der Waals surface area (Å²) < 4.78 is 15.5. The van der Waals surface area contributed by atoms with Gasteiger partial charge in [0.05, 0.1) is 43.5 Å². The van der Waals surface area contributed by atoms with Gasteiger partial charge < -0.3 is 50.6 Å². The molecule has 0 spiro atoms. The summed E-state index contributed by atoms with van der Waals surface area (Å²) in [6, 6.07) is 56.3. The first-order chi connectivity index (χ1) is 34.1. The highest BCUT2D eigenvalue weighted by Gasteiger charge is 2.23. The van der Waals surface area contributed by atoms with Gasteiger partial charge in [0.25, 0.3) is 0 Å². The van der Waals surface area contributed by atoms with Crippen LogP contribution < -0.4 is 16.0 Å². The zero-order valence-corrected chi connectivity index (χ0v) is 41.1. The molecule has 0 saturated carbocycles. The van der Waals surface area contributed by atoms with Crippen LogP contribution in [0, 0.1) is 0 Å². The molecule has 5 atom stereocenters. The standard InChI is InChI=1S/2C18H21NO4S.C18H19NO2S/c2*20-11-17(21)16(13-24-15-9-5-2-6-10-15)19-18(22)23-12-14-7-3-1-4-8-14;1-2-16(14-22-17-11-7-4-8-12-17)19-18(20)21-13-15-9-5-3-6-10-15/h2*1-10,16-17,20-21H,11-13H2,(H,19,22);2-12,16H,1,13-14H2,(H,19,20)/t16-,17+;16-,17-;16-/m001/s1. The van der Waals surface area contributed by atoms with Crippen molar-refractivity contribution in [2.45, 2.75) is 64.8 Å². The van der Waals surface area contributed by atoms with Gasteiger partial charge in [-0.25, -0.2) is 14.4 Å². The summed E-state index contributed by atoms with van der Waals surface area (Å²) in [5.74, 6) is 1.56. The molecule has 0 radical (unpaired) electrons. The molecule has 0 heterocycles. The lowest BCUT2D eigenvalue weighted by Gasteiger charge is -2.22. The molecule has 0 unspecified atom stereocenters. The second-order valence-corrected chi connectivity index (χ2v) is 18.3. The van der Waals surface area contributed by atoms with Crippen molar-refractivity contribution in [2.75, 3.05) is 30.5 Å². The third-order valence-corrected chi connectivity index (χ3v) is 13.0. The summed E-state index contributed by atoms with van der Waals surface area (Å²) in [5.41, 5.74) is 2.72. The zero-order chi connectivity index (χ0) is 50.0. The van der Waals surface area contributed by atoms with E-state index in [1.807, 2.05) is 182 Å². The first-order valence-corrected chi connectivity index (χ1v) is 25.3. The van der Waals surface area contributed by atoms with Crippen LogP contribution in [0.2, 0.25) is 0 Å². The fourth-order valence-corrected chi connectivity index (χ4v) is 8.77. The van der Waals surface area contributed by atoms with E-state index < -0.39 is 55.8 Å². The molecule has 370 valence electrons. The normalized spacial score (nSPS) is 12.6. The Labute approximate surface area is 423 Å². The van der Waals surface area contributed by atoms with Crippen LogP contribution in [0.1, 0.15) is 16.7 Å². The molecule has 3 amide bonds. The number of hydrogen-bond donors (Lipinski definition) is 7. The summed E-state index contributed by atoms with van der Waals surface area (Å²) >= 11 is 4.64. The fraction of sp³-hybridized carbons (Fsp3) is 0.241. The van der Waals surface area contributed by atoms with Crippen molar-refractivity contribution in [3.8, 4) is 0 Å². The number of benzene rings is 6. The molecular formula is C54H61N3O10S3. The quantitative estimate of drug-likeness (QED) is 0.0183. The second-order valence-electron chi connectivity index (χ2n) is 15.0. The SMILES string of the molecule is C=C[C@H](CSc1ccccc1)NC(=O)OCc1ccccc1.O=C(N[C@@H](CSc1ccccc1)[C@@H](O)CO)OCc1ccccc1.O=C(N[C@@H](CSc1ccccc1)[C@H](O)CO)OCc1ccccc1. The van der Waals surface area contributed by atoms with Gasteiger partial charge in [-0.3, -0.25) is 0 Å². The van der Waals surface area contributed by atoms with Gasteiger partial charge in [0.2, 0.25) is 0 Å². The van der Waals surface area contributed by atoms with Crippen LogP contribution >= 0.6 is 35.3 Å². The van der Waals surface area contributed by atoms with E-state index in [-0.39, 0.29) is 25.9 Å². The first-order valence-electron chi connectivity index (χ1n) is 22.3. The third-order valence-electron chi connectivity index (χ3n) is 9.65. The van der Waals surface area contributed by atoms with Crippen molar-refractivity contribution in [3.05, 3.63) is 211 Å². The van der Waals surface area contributed by atoms with E-state index in [4.69, 9.17) is 14.2 Å². The second kappa shape index (κ2) is 34.1. The van der Waals surface area contributed by atoms with E-state index in [1.54, 1.807) is 17.8 Å². The van der Waals surface area contributed by atoms with Gasteiger partial charge >= 0.3 is 18.3 Å². The molecule has 6 rings (SSSR count). The summed E-state index contributed by atoms with van der Waals surface area (Å²) in [6.45, 7) is 3.47. The largest absolute Gasteiger partial charge is 0.445 e. The molecule has 13 nitrogen and oxygen atoms in total. The predicted octanol–water partition coefficient (Wildman–Crippen LogP) is 9.11. The van der Waals surface area contributed by atoms with Gasteiger partial charge in [-0.05, 0) is 53.1 Å². The van der Waals surface area contributed by atoms with Crippen LogP contribution in [0.25, 0.3) is 0 Å². The number of hydrogen-bond acceptors (Lipinski definition) is 13. The average molecular weight is 1010 g/mol. The van der Waals surface area contributed by atoms with Gasteiger partial charge in [0.15, 0.2) is 0 Å². The van der Waals surface area contributed by atoms with Gasteiger partial charge in [-0.2, -0.15) is 0 Å². The van der Waals surface area contributed by atoms with E-state index in [0.29, 0.717) is 17.3 Å². The molecule has 16 heteroatoms. The number of rotatable bonds is 23. The summed E-state index contributed by atoms with van der Waals surface area (Å²) in [7, 11) is 0. The van der Waals surface area contributed by atoms with E-state index >= 15 is 0 Å². The molecule has 0 bridgehead atoms. The lowest BCUT2D eigenvalue weighted by atomic mass is 10.2. The van der Waals surface area contributed by atoms with Crippen LogP contribution in [0.5, 0.6) is 0 Å². The van der Waals surface area contributed by atoms with Crippen molar-refractivity contribution in [2.24, 2.45) is 0 Å². The average Bonchev–Trinajstić information content (AvgIpc) is 3.42. The number of amides is 3. The predicted molar refractivity (Wildman–Crippen MR) is 279 cm³/mol. The van der Waals surface area contributed by atoms with Crippen molar-refractivity contribution < 1.29 is 49.0 Å². The molecule has 0 aliphatic rings. The topological polar surface area (TPSA) is 196 Å². The molecule has 0 fully saturated rings. The number of thioether (sulfide) groups is 3. The maximum absolute atomic E-state index is 11.9. The highest BCUT2D eigenvalue weighted by molar-refractivity contribution is 7.99. The summed E-state index contributed by atoms with van der Waals surface area (Å²) in [4.78, 5) is 38.9. The van der Waals surface area contributed by atoms with Crippen molar-refractivity contribution in [1.29, 1.82) is 0 Å². The Balaban J connectivity index is 0.000000229. The van der Waals surface area contributed by atoms with E-state index in [0.717, 1.165) is 31.4 Å². The number of carbonyl (C=O) groups is 3. The van der Waals surface area contributed by atoms with Crippen LogP contribution in [0.15, 0.2) is 209 Å². The Bertz CT molecular complexity index is 2220. The van der Waals surface area contributed by atoms with Crippen LogP contribution in [0.3, 0.4) is 0 Å². The minimum Gasteiger partial charge on any atom is -0.445 e. The molecule has 7 N–H and O–H groups in total. The Morgan fingerprint density at radius 2 is 0.714 bits per heavy atom. The molecule has 70 heavy (non-hydrogen) atoms. The molecule has 0 saturated heterocycles. The molecular weight excluding hydrogens is 947 g/mol. The maximum atomic E-state index is 11.9. The Morgan fingerprint density at radius 1 is 0.443 bits per heavy atom. The number of nitrogens with one attached hydrogen (secondary N) is 3. The Morgan fingerprint density at radius 3 is 1.00 bits per heavy atom. The Hall–Kier alpha value is -6.24. The molecule has 0 aliphatic heterocycles. The first kappa shape index (κ1) is 56.3. The maximum Gasteiger partial charge on any atom is 0.407 e. The van der Waals surface area contributed by atoms with Gasteiger partial charge in [0, 0.05) is 31.9 Å².